The van der Waals surface area contributed by atoms with Gasteiger partial charge in [0.15, 0.2) is 0 Å². The first-order chi connectivity index (χ1) is 15.3. The van der Waals surface area contributed by atoms with E-state index in [-0.39, 0.29) is 4.90 Å². The molecule has 168 valence electrons. The van der Waals surface area contributed by atoms with Gasteiger partial charge in [0.05, 0.1) is 21.8 Å². The van der Waals surface area contributed by atoms with Crippen molar-refractivity contribution in [3.8, 4) is 0 Å². The van der Waals surface area contributed by atoms with Crippen molar-refractivity contribution in [2.45, 2.75) is 11.8 Å². The third kappa shape index (κ3) is 5.18. The summed E-state index contributed by atoms with van der Waals surface area (Å²) in [4.78, 5) is 11.1. The van der Waals surface area contributed by atoms with Crippen LogP contribution in [0.3, 0.4) is 0 Å². The lowest BCUT2D eigenvalue weighted by molar-refractivity contribution is 0.216. The van der Waals surface area contributed by atoms with E-state index in [1.54, 1.807) is 29.5 Å². The second-order valence-electron chi connectivity index (χ2n) is 7.76. The van der Waals surface area contributed by atoms with Gasteiger partial charge < -0.3 is 15.1 Å². The molecule has 0 aliphatic carbocycles. The molecule has 3 aromatic rings. The summed E-state index contributed by atoms with van der Waals surface area (Å²) in [6.07, 6.45) is 0. The molecule has 2 aliphatic heterocycles. The van der Waals surface area contributed by atoms with Gasteiger partial charge in [-0.15, -0.1) is 11.3 Å². The fourth-order valence-electron chi connectivity index (χ4n) is 3.60. The maximum Gasteiger partial charge on any atom is 0.294 e. The van der Waals surface area contributed by atoms with E-state index in [9.17, 15) is 8.42 Å². The van der Waals surface area contributed by atoms with Gasteiger partial charge in [0.1, 0.15) is 10.8 Å². The van der Waals surface area contributed by atoms with Crippen molar-refractivity contribution < 1.29 is 13.0 Å². The summed E-state index contributed by atoms with van der Waals surface area (Å²) in [7, 11) is -1.82. The van der Waals surface area contributed by atoms with E-state index in [0.717, 1.165) is 43.4 Å². The topological polar surface area (TPSA) is 85.2 Å². The molecule has 7 nitrogen and oxygen atoms in total. The number of piperazine rings is 1. The fraction of sp³-hybridized carbons (Fsp3) is 0.261. The number of para-hydroxylation sites is 2. The van der Waals surface area contributed by atoms with Crippen molar-refractivity contribution in [1.82, 2.24) is 9.80 Å². The molecule has 0 bridgehead atoms. The number of hydrogen-bond acceptors (Lipinski definition) is 7. The van der Waals surface area contributed by atoms with E-state index in [2.05, 4.69) is 59.4 Å². The summed E-state index contributed by atoms with van der Waals surface area (Å²) in [6, 6.07) is 18.0. The standard InChI is InChI=1S/C17H20N4S.C6H6O3S/c1-12-11-13-16(21-9-7-20(2)8-10-21)18-14-5-3-4-6-15(14)19-17(13)22-12;7-10(8,9)6-4-2-1-3-5-6/h3-6,11,19H,7-10H2,1-2H3;1-5H,(H,7,8,9). The maximum atomic E-state index is 10.4. The molecule has 1 saturated heterocycles. The number of anilines is 2. The van der Waals surface area contributed by atoms with Gasteiger partial charge in [0.2, 0.25) is 0 Å². The number of aliphatic imine (C=N–C) groups is 1. The lowest BCUT2D eigenvalue weighted by Crippen LogP contribution is -2.47. The average molecular weight is 471 g/mol. The molecule has 2 N–H and O–H groups in total. The largest absolute Gasteiger partial charge is 0.353 e. The predicted octanol–water partition coefficient (Wildman–Crippen LogP) is 4.37. The Morgan fingerprint density at radius 1 is 1.00 bits per heavy atom. The monoisotopic (exact) mass is 470 g/mol. The molecular weight excluding hydrogens is 444 g/mol. The molecule has 0 spiro atoms. The highest BCUT2D eigenvalue weighted by Crippen LogP contribution is 2.39. The van der Waals surface area contributed by atoms with Gasteiger partial charge >= 0.3 is 0 Å². The van der Waals surface area contributed by atoms with Crippen molar-refractivity contribution >= 4 is 43.7 Å². The first-order valence-electron chi connectivity index (χ1n) is 10.3. The number of aryl methyl sites for hydroxylation is 1. The first-order valence-corrected chi connectivity index (χ1v) is 12.6. The summed E-state index contributed by atoms with van der Waals surface area (Å²) >= 11 is 1.81. The van der Waals surface area contributed by atoms with Crippen LogP contribution in [0, 0.1) is 6.92 Å². The summed E-state index contributed by atoms with van der Waals surface area (Å²) in [6.45, 7) is 6.41. The van der Waals surface area contributed by atoms with Gasteiger partial charge in [-0.1, -0.05) is 30.3 Å². The van der Waals surface area contributed by atoms with E-state index >= 15 is 0 Å². The molecule has 0 atom stereocenters. The van der Waals surface area contributed by atoms with E-state index < -0.39 is 10.1 Å². The Bertz CT molecular complexity index is 1220. The Hall–Kier alpha value is -2.72. The second kappa shape index (κ2) is 9.41. The number of benzene rings is 2. The number of nitrogens with zero attached hydrogens (tertiary/aromatic N) is 3. The van der Waals surface area contributed by atoms with Crippen LogP contribution in [0.15, 0.2) is 70.6 Å². The molecule has 0 amide bonds. The Balaban J connectivity index is 0.000000207. The zero-order valence-electron chi connectivity index (χ0n) is 18.0. The molecule has 1 fully saturated rings. The number of nitrogens with one attached hydrogen (secondary N) is 1. The number of rotatable bonds is 1. The second-order valence-corrected chi connectivity index (χ2v) is 10.4. The average Bonchev–Trinajstić information content (AvgIpc) is 3.06. The summed E-state index contributed by atoms with van der Waals surface area (Å²) in [5, 5.41) is 4.78. The molecule has 0 unspecified atom stereocenters. The van der Waals surface area contributed by atoms with Crippen LogP contribution in [-0.2, 0) is 10.1 Å². The van der Waals surface area contributed by atoms with Crippen molar-refractivity contribution in [2.24, 2.45) is 4.99 Å². The van der Waals surface area contributed by atoms with Crippen molar-refractivity contribution in [1.29, 1.82) is 0 Å². The number of hydrogen-bond donors (Lipinski definition) is 2. The van der Waals surface area contributed by atoms with Gasteiger partial charge in [-0.2, -0.15) is 8.42 Å². The van der Waals surface area contributed by atoms with Gasteiger partial charge in [-0.25, -0.2) is 4.99 Å². The van der Waals surface area contributed by atoms with Gasteiger partial charge in [-0.05, 0) is 44.3 Å². The lowest BCUT2D eigenvalue weighted by Gasteiger charge is -2.34. The molecule has 0 saturated carbocycles. The van der Waals surface area contributed by atoms with Crippen LogP contribution in [0.25, 0.3) is 0 Å². The quantitative estimate of drug-likeness (QED) is 0.514. The third-order valence-electron chi connectivity index (χ3n) is 5.32. The van der Waals surface area contributed by atoms with Gasteiger partial charge in [0, 0.05) is 31.1 Å². The van der Waals surface area contributed by atoms with Crippen LogP contribution in [0.1, 0.15) is 10.4 Å². The zero-order valence-corrected chi connectivity index (χ0v) is 19.7. The van der Waals surface area contributed by atoms with Crippen molar-refractivity contribution in [3.05, 3.63) is 71.1 Å². The highest BCUT2D eigenvalue weighted by atomic mass is 32.2. The predicted molar refractivity (Wildman–Crippen MR) is 130 cm³/mol. The normalized spacial score (nSPS) is 16.0. The minimum atomic E-state index is -4.00. The van der Waals surface area contributed by atoms with Gasteiger partial charge in [-0.3, -0.25) is 4.55 Å². The van der Waals surface area contributed by atoms with E-state index in [1.165, 1.54) is 27.6 Å². The van der Waals surface area contributed by atoms with Crippen LogP contribution in [0.4, 0.5) is 16.4 Å². The number of amidine groups is 1. The highest BCUT2D eigenvalue weighted by Gasteiger charge is 2.25. The molecule has 32 heavy (non-hydrogen) atoms. The molecule has 1 aromatic heterocycles. The van der Waals surface area contributed by atoms with Crippen LogP contribution < -0.4 is 5.32 Å². The third-order valence-corrected chi connectivity index (χ3v) is 7.15. The minimum absolute atomic E-state index is 0.0741. The Morgan fingerprint density at radius 3 is 2.31 bits per heavy atom. The van der Waals surface area contributed by atoms with Crippen LogP contribution in [0.5, 0.6) is 0 Å². The molecule has 2 aromatic carbocycles. The van der Waals surface area contributed by atoms with E-state index in [0.29, 0.717) is 0 Å². The maximum absolute atomic E-state index is 10.4. The molecule has 0 radical (unpaired) electrons. The fourth-order valence-corrected chi connectivity index (χ4v) is 5.02. The Labute approximate surface area is 192 Å². The minimum Gasteiger partial charge on any atom is -0.353 e. The van der Waals surface area contributed by atoms with Crippen LogP contribution >= 0.6 is 11.3 Å². The zero-order chi connectivity index (χ0) is 22.7. The summed E-state index contributed by atoms with van der Waals surface area (Å²) in [5.74, 6) is 1.12. The molecule has 2 aliphatic rings. The first kappa shape index (κ1) is 22.5. The van der Waals surface area contributed by atoms with E-state index in [4.69, 9.17) is 9.55 Å². The SMILES string of the molecule is Cc1cc2c(s1)Nc1ccccc1N=C2N1CCN(C)CC1.O=S(=O)(O)c1ccccc1. The lowest BCUT2D eigenvalue weighted by atomic mass is 10.2. The molecule has 5 rings (SSSR count). The molecular formula is C23H26N4O3S2. The van der Waals surface area contributed by atoms with E-state index in [1.807, 2.05) is 0 Å². The number of thiophene rings is 1. The highest BCUT2D eigenvalue weighted by molar-refractivity contribution is 7.85. The summed E-state index contributed by atoms with van der Waals surface area (Å²) in [5.41, 5.74) is 3.36. The molecule has 3 heterocycles. The Kier molecular flexibility index (Phi) is 6.61. The Morgan fingerprint density at radius 2 is 1.66 bits per heavy atom. The van der Waals surface area contributed by atoms with Crippen molar-refractivity contribution in [2.75, 3.05) is 38.5 Å². The number of fused-ring (bicyclic) bond motifs is 2. The number of likely N-dealkylation sites (N-methyl/N-ethyl adjacent to an activating group) is 1. The van der Waals surface area contributed by atoms with Crippen LogP contribution in [0.2, 0.25) is 0 Å². The van der Waals surface area contributed by atoms with Gasteiger partial charge in [0.25, 0.3) is 10.1 Å². The smallest absolute Gasteiger partial charge is 0.294 e. The van der Waals surface area contributed by atoms with Crippen molar-refractivity contribution in [3.63, 3.8) is 0 Å². The van der Waals surface area contributed by atoms with Crippen LogP contribution in [-0.4, -0.2) is 61.8 Å². The summed E-state index contributed by atoms with van der Waals surface area (Å²) < 4.78 is 29.2. The molecule has 9 heteroatoms.